The van der Waals surface area contributed by atoms with Crippen LogP contribution < -0.4 is 0 Å². The third-order valence-corrected chi connectivity index (χ3v) is 6.82. The Morgan fingerprint density at radius 1 is 0.966 bits per heavy atom. The number of ether oxygens (including phenoxy) is 3. The summed E-state index contributed by atoms with van der Waals surface area (Å²) in [5.74, 6) is 2.09. The van der Waals surface area contributed by atoms with Crippen LogP contribution in [0.2, 0.25) is 0 Å². The van der Waals surface area contributed by atoms with Gasteiger partial charge in [-0.15, -0.1) is 0 Å². The van der Waals surface area contributed by atoms with Crippen molar-refractivity contribution in [2.75, 3.05) is 40.5 Å². The first kappa shape index (κ1) is 22.4. The first-order chi connectivity index (χ1) is 13.8. The highest BCUT2D eigenvalue weighted by Crippen LogP contribution is 2.61. The monoisotopic (exact) mass is 408 g/mol. The molecule has 0 amide bonds. The molecule has 165 valence electrons. The van der Waals surface area contributed by atoms with E-state index in [1.807, 2.05) is 14.1 Å². The lowest BCUT2D eigenvalue weighted by Gasteiger charge is -2.56. The van der Waals surface area contributed by atoms with Crippen molar-refractivity contribution in [2.45, 2.75) is 57.8 Å². The molecule has 4 aliphatic carbocycles. The molecule has 4 fully saturated rings. The third kappa shape index (κ3) is 6.87. The second kappa shape index (κ2) is 10.1. The zero-order chi connectivity index (χ0) is 20.9. The number of rotatable bonds is 11. The first-order valence-corrected chi connectivity index (χ1v) is 11.3. The van der Waals surface area contributed by atoms with E-state index < -0.39 is 6.16 Å². The van der Waals surface area contributed by atoms with Gasteiger partial charge in [0, 0.05) is 5.92 Å². The smallest absolute Gasteiger partial charge is 0.465 e. The maximum absolute atomic E-state index is 12.4. The van der Waals surface area contributed by atoms with Crippen molar-refractivity contribution >= 4 is 12.1 Å². The van der Waals surface area contributed by atoms with E-state index in [9.17, 15) is 9.59 Å². The van der Waals surface area contributed by atoms with E-state index in [1.54, 1.807) is 0 Å². The molecule has 6 nitrogen and oxygen atoms in total. The number of hydrogen-bond donors (Lipinski definition) is 0. The Kier molecular flexibility index (Phi) is 7.83. The van der Waals surface area contributed by atoms with Crippen LogP contribution in [0.25, 0.3) is 0 Å². The van der Waals surface area contributed by atoms with Crippen molar-refractivity contribution < 1.29 is 23.8 Å². The van der Waals surface area contributed by atoms with Crippen LogP contribution in [0.1, 0.15) is 57.8 Å². The Balaban J connectivity index is 1.26. The molecule has 4 saturated carbocycles. The van der Waals surface area contributed by atoms with Crippen LogP contribution in [0.4, 0.5) is 4.79 Å². The Hall–Kier alpha value is -1.30. The second-order valence-electron chi connectivity index (χ2n) is 10.1. The molecule has 0 heterocycles. The zero-order valence-corrected chi connectivity index (χ0v) is 18.2. The molecule has 4 rings (SSSR count). The molecule has 0 spiro atoms. The van der Waals surface area contributed by atoms with Crippen LogP contribution in [0.5, 0.6) is 0 Å². The van der Waals surface area contributed by atoms with E-state index in [1.165, 1.54) is 38.5 Å². The number of hydrogen-bond acceptors (Lipinski definition) is 6. The summed E-state index contributed by atoms with van der Waals surface area (Å²) in [6.07, 6.45) is 9.36. The van der Waals surface area contributed by atoms with E-state index in [-0.39, 0.29) is 30.5 Å². The number of esters is 1. The molecule has 0 aliphatic heterocycles. The molecule has 6 heteroatoms. The van der Waals surface area contributed by atoms with Gasteiger partial charge in [-0.05, 0) is 102 Å². The Morgan fingerprint density at radius 2 is 1.55 bits per heavy atom. The van der Waals surface area contributed by atoms with Crippen LogP contribution in [0.15, 0.2) is 0 Å². The van der Waals surface area contributed by atoms with Gasteiger partial charge in [0.15, 0.2) is 0 Å². The predicted octanol–water partition coefficient (Wildman–Crippen LogP) is 4.08. The van der Waals surface area contributed by atoms with Gasteiger partial charge in [-0.25, -0.2) is 4.79 Å². The van der Waals surface area contributed by atoms with Gasteiger partial charge in [-0.1, -0.05) is 0 Å². The van der Waals surface area contributed by atoms with Gasteiger partial charge in [0.25, 0.3) is 0 Å². The van der Waals surface area contributed by atoms with Gasteiger partial charge >= 0.3 is 12.1 Å². The Bertz CT molecular complexity index is 526. The van der Waals surface area contributed by atoms with E-state index in [0.29, 0.717) is 13.0 Å². The summed E-state index contributed by atoms with van der Waals surface area (Å²) in [6.45, 7) is 5.52. The summed E-state index contributed by atoms with van der Waals surface area (Å²) in [5.41, 5.74) is 0.190. The van der Waals surface area contributed by atoms with Gasteiger partial charge < -0.3 is 19.1 Å². The lowest BCUT2D eigenvalue weighted by Crippen LogP contribution is -2.47. The number of carbonyl (C=O) groups excluding carboxylic acids is 2. The minimum Gasteiger partial charge on any atom is -0.465 e. The van der Waals surface area contributed by atoms with Gasteiger partial charge in [-0.3, -0.25) is 4.79 Å². The highest BCUT2D eigenvalue weighted by atomic mass is 16.7. The fourth-order valence-electron chi connectivity index (χ4n) is 6.04. The molecular formula is C23H38NO5. The van der Waals surface area contributed by atoms with Crippen molar-refractivity contribution in [3.63, 3.8) is 0 Å². The average Bonchev–Trinajstić information content (AvgIpc) is 2.62. The minimum atomic E-state index is -0.677. The molecule has 1 atom stereocenters. The number of unbranched alkanes of at least 4 members (excludes halogenated alkanes) is 1. The van der Waals surface area contributed by atoms with Gasteiger partial charge in [0.2, 0.25) is 0 Å². The predicted molar refractivity (Wildman–Crippen MR) is 110 cm³/mol. The average molecular weight is 409 g/mol. The number of nitrogens with zero attached hydrogens (tertiary/aromatic N) is 1. The molecule has 1 unspecified atom stereocenters. The maximum atomic E-state index is 12.4. The normalized spacial score (nSPS) is 31.0. The Morgan fingerprint density at radius 3 is 2.14 bits per heavy atom. The topological polar surface area (TPSA) is 65.1 Å². The highest BCUT2D eigenvalue weighted by Gasteiger charge is 2.51. The summed E-state index contributed by atoms with van der Waals surface area (Å²) >= 11 is 0. The van der Waals surface area contributed by atoms with E-state index in [2.05, 4.69) is 11.8 Å². The lowest BCUT2D eigenvalue weighted by atomic mass is 9.49. The third-order valence-electron chi connectivity index (χ3n) is 6.82. The highest BCUT2D eigenvalue weighted by molar-refractivity contribution is 5.70. The van der Waals surface area contributed by atoms with Gasteiger partial charge in [0.05, 0.1) is 19.6 Å². The van der Waals surface area contributed by atoms with Crippen LogP contribution in [-0.2, 0) is 19.0 Å². The van der Waals surface area contributed by atoms with Crippen molar-refractivity contribution in [1.82, 2.24) is 4.90 Å². The lowest BCUT2D eigenvalue weighted by molar-refractivity contribution is -0.153. The first-order valence-electron chi connectivity index (χ1n) is 11.3. The molecule has 29 heavy (non-hydrogen) atoms. The van der Waals surface area contributed by atoms with Crippen LogP contribution >= 0.6 is 0 Å². The van der Waals surface area contributed by atoms with Crippen LogP contribution in [-0.4, -0.2) is 57.5 Å². The molecule has 0 aromatic heterocycles. The SMILES string of the molecule is [CH2]C(COC(=O)CC12CC3CC(CC(C3)C1)C2)COC(=O)OCCCCN(C)C. The fourth-order valence-corrected chi connectivity index (χ4v) is 6.04. The van der Waals surface area contributed by atoms with Crippen molar-refractivity contribution in [3.05, 3.63) is 6.92 Å². The fraction of sp³-hybridized carbons (Fsp3) is 0.870. The van der Waals surface area contributed by atoms with Crippen LogP contribution in [0.3, 0.4) is 0 Å². The summed E-state index contributed by atoms with van der Waals surface area (Å²) in [6, 6.07) is 0. The summed E-state index contributed by atoms with van der Waals surface area (Å²) in [5, 5.41) is 0. The molecule has 0 N–H and O–H groups in total. The zero-order valence-electron chi connectivity index (χ0n) is 18.2. The largest absolute Gasteiger partial charge is 0.508 e. The molecular weight excluding hydrogens is 370 g/mol. The van der Waals surface area contributed by atoms with E-state index in [0.717, 1.165) is 37.1 Å². The molecule has 4 bridgehead atoms. The Labute approximate surface area is 175 Å². The second-order valence-corrected chi connectivity index (χ2v) is 10.1. The number of carbonyl (C=O) groups is 2. The summed E-state index contributed by atoms with van der Waals surface area (Å²) in [4.78, 5) is 26.1. The molecule has 4 aliphatic rings. The van der Waals surface area contributed by atoms with Crippen molar-refractivity contribution in [3.8, 4) is 0 Å². The van der Waals surface area contributed by atoms with Gasteiger partial charge in [0.1, 0.15) is 6.61 Å². The quantitative estimate of drug-likeness (QED) is 0.379. The molecule has 0 aromatic rings. The van der Waals surface area contributed by atoms with Crippen molar-refractivity contribution in [1.29, 1.82) is 0 Å². The maximum Gasteiger partial charge on any atom is 0.508 e. The molecule has 0 aromatic carbocycles. The van der Waals surface area contributed by atoms with Gasteiger partial charge in [-0.2, -0.15) is 0 Å². The summed E-state index contributed by atoms with van der Waals surface area (Å²) in [7, 11) is 4.03. The van der Waals surface area contributed by atoms with E-state index >= 15 is 0 Å². The molecule has 1 radical (unpaired) electrons. The summed E-state index contributed by atoms with van der Waals surface area (Å²) < 4.78 is 15.6. The van der Waals surface area contributed by atoms with Crippen molar-refractivity contribution in [2.24, 2.45) is 29.1 Å². The standard InChI is InChI=1S/C23H38NO5/c1-17(16-29-22(26)27-7-5-4-6-24(2)3)15-28-21(25)14-23-11-18-8-19(12-23)10-20(9-18)13-23/h17-20H,1,4-16H2,2-3H3. The minimum absolute atomic E-state index is 0.0984. The molecule has 0 saturated heterocycles. The van der Waals surface area contributed by atoms with Crippen LogP contribution in [0, 0.1) is 36.0 Å². The van der Waals surface area contributed by atoms with E-state index in [4.69, 9.17) is 14.2 Å².